The molecule has 4 heteroatoms. The smallest absolute Gasteiger partial charge is 0.119 e. The van der Waals surface area contributed by atoms with E-state index in [-0.39, 0.29) is 6.61 Å². The molecule has 0 saturated heterocycles. The summed E-state index contributed by atoms with van der Waals surface area (Å²) in [6.45, 7) is 6.82. The van der Waals surface area contributed by atoms with Crippen molar-refractivity contribution in [2.45, 2.75) is 32.5 Å². The lowest BCUT2D eigenvalue weighted by Crippen LogP contribution is -2.66. The van der Waals surface area contributed by atoms with Gasteiger partial charge in [-0.3, -0.25) is 10.6 Å². The second-order valence-electron chi connectivity index (χ2n) is 2.87. The summed E-state index contributed by atoms with van der Waals surface area (Å²) in [5.41, 5.74) is -0.747. The fourth-order valence-electron chi connectivity index (χ4n) is 1.23. The largest absolute Gasteiger partial charge is 0.393 e. The van der Waals surface area contributed by atoms with E-state index in [1.165, 1.54) is 0 Å². The number of likely N-dealkylation sites (N-methyl/N-ethyl adjacent to an activating group) is 2. The van der Waals surface area contributed by atoms with Crippen molar-refractivity contribution in [3.63, 3.8) is 0 Å². The van der Waals surface area contributed by atoms with Crippen LogP contribution < -0.4 is 10.6 Å². The summed E-state index contributed by atoms with van der Waals surface area (Å²) < 4.78 is 0. The van der Waals surface area contributed by atoms with E-state index in [1.807, 2.05) is 13.8 Å². The first-order valence-electron chi connectivity index (χ1n) is 4.42. The lowest BCUT2D eigenvalue weighted by atomic mass is 10.1. The third-order valence-corrected chi connectivity index (χ3v) is 1.95. The molecule has 0 aliphatic carbocycles. The Hall–Kier alpha value is -0.160. The first-order valence-corrected chi connectivity index (χ1v) is 4.42. The van der Waals surface area contributed by atoms with E-state index < -0.39 is 11.8 Å². The van der Waals surface area contributed by atoms with Crippen LogP contribution in [-0.2, 0) is 0 Å². The van der Waals surface area contributed by atoms with E-state index in [2.05, 4.69) is 10.6 Å². The normalized spacial score (nSPS) is 14.8. The minimum absolute atomic E-state index is 0.119. The van der Waals surface area contributed by atoms with Crippen LogP contribution in [0, 0.1) is 0 Å². The molecule has 4 N–H and O–H groups in total. The van der Waals surface area contributed by atoms with Crippen LogP contribution in [0.3, 0.4) is 0 Å². The summed E-state index contributed by atoms with van der Waals surface area (Å²) in [6, 6.07) is 0. The molecule has 4 nitrogen and oxygen atoms in total. The van der Waals surface area contributed by atoms with Crippen LogP contribution in [0.1, 0.15) is 20.8 Å². The van der Waals surface area contributed by atoms with Crippen molar-refractivity contribution in [2.24, 2.45) is 0 Å². The van der Waals surface area contributed by atoms with E-state index in [1.54, 1.807) is 6.92 Å². The molecule has 0 bridgehead atoms. The zero-order valence-electron chi connectivity index (χ0n) is 8.09. The number of hydrogen-bond acceptors (Lipinski definition) is 4. The molecule has 0 fully saturated rings. The zero-order chi connectivity index (χ0) is 9.61. The lowest BCUT2D eigenvalue weighted by Gasteiger charge is -2.36. The van der Waals surface area contributed by atoms with Gasteiger partial charge >= 0.3 is 0 Å². The molecule has 0 aliphatic rings. The second kappa shape index (κ2) is 5.48. The minimum Gasteiger partial charge on any atom is -0.393 e. The predicted octanol–water partition coefficient (Wildman–Crippen LogP) is -0.725. The Morgan fingerprint density at radius 1 is 1.25 bits per heavy atom. The maximum atomic E-state index is 9.44. The molecule has 0 aromatic rings. The highest BCUT2D eigenvalue weighted by molar-refractivity contribution is 4.89. The van der Waals surface area contributed by atoms with Crippen molar-refractivity contribution in [1.82, 2.24) is 10.6 Å². The molecule has 0 heterocycles. The van der Waals surface area contributed by atoms with E-state index >= 15 is 0 Å². The highest BCUT2D eigenvalue weighted by atomic mass is 16.3. The van der Waals surface area contributed by atoms with Crippen LogP contribution in [0.4, 0.5) is 0 Å². The first-order chi connectivity index (χ1) is 5.63. The minimum atomic E-state index is -0.747. The van der Waals surface area contributed by atoms with Crippen molar-refractivity contribution in [3.8, 4) is 0 Å². The molecule has 12 heavy (non-hydrogen) atoms. The first kappa shape index (κ1) is 11.8. The fourth-order valence-corrected chi connectivity index (χ4v) is 1.23. The van der Waals surface area contributed by atoms with Crippen molar-refractivity contribution in [1.29, 1.82) is 0 Å². The third kappa shape index (κ3) is 2.71. The summed E-state index contributed by atoms with van der Waals surface area (Å²) >= 11 is 0. The Morgan fingerprint density at radius 3 is 1.83 bits per heavy atom. The van der Waals surface area contributed by atoms with Gasteiger partial charge in [-0.25, -0.2) is 0 Å². The topological polar surface area (TPSA) is 64.5 Å². The predicted molar refractivity (Wildman–Crippen MR) is 48.9 cm³/mol. The SMILES string of the molecule is CCNC(CO)(NCC)C(C)O. The third-order valence-electron chi connectivity index (χ3n) is 1.95. The monoisotopic (exact) mass is 176 g/mol. The van der Waals surface area contributed by atoms with Gasteiger partial charge in [0.15, 0.2) is 0 Å². The van der Waals surface area contributed by atoms with Gasteiger partial charge in [0.1, 0.15) is 5.66 Å². The second-order valence-corrected chi connectivity index (χ2v) is 2.87. The quantitative estimate of drug-likeness (QED) is 0.403. The molecule has 0 radical (unpaired) electrons. The average molecular weight is 176 g/mol. The van der Waals surface area contributed by atoms with Crippen molar-refractivity contribution in [3.05, 3.63) is 0 Å². The van der Waals surface area contributed by atoms with Crippen LogP contribution in [-0.4, -0.2) is 41.7 Å². The van der Waals surface area contributed by atoms with Crippen LogP contribution in [0.5, 0.6) is 0 Å². The van der Waals surface area contributed by atoms with E-state index in [9.17, 15) is 5.11 Å². The Morgan fingerprint density at radius 2 is 1.67 bits per heavy atom. The van der Waals surface area contributed by atoms with Gasteiger partial charge in [-0.1, -0.05) is 13.8 Å². The number of rotatable bonds is 6. The standard InChI is InChI=1S/C8H20N2O2/c1-4-9-8(6-11,7(3)12)10-5-2/h7,9-12H,4-6H2,1-3H3. The number of aliphatic hydroxyl groups is 2. The van der Waals surface area contributed by atoms with Gasteiger partial charge < -0.3 is 10.2 Å². The molecular formula is C8H20N2O2. The number of aliphatic hydroxyl groups excluding tert-OH is 2. The Bertz CT molecular complexity index is 112. The molecule has 0 spiro atoms. The summed E-state index contributed by atoms with van der Waals surface area (Å²) in [4.78, 5) is 0. The van der Waals surface area contributed by atoms with Gasteiger partial charge in [0.25, 0.3) is 0 Å². The molecule has 0 rings (SSSR count). The summed E-state index contributed by atoms with van der Waals surface area (Å²) in [6.07, 6.45) is -0.623. The van der Waals surface area contributed by atoms with Gasteiger partial charge in [-0.05, 0) is 20.0 Å². The fraction of sp³-hybridized carbons (Fsp3) is 1.00. The van der Waals surface area contributed by atoms with Gasteiger partial charge in [0.2, 0.25) is 0 Å². The van der Waals surface area contributed by atoms with E-state index in [0.29, 0.717) is 13.1 Å². The van der Waals surface area contributed by atoms with E-state index in [0.717, 1.165) is 0 Å². The Balaban J connectivity index is 4.28. The van der Waals surface area contributed by atoms with Crippen LogP contribution in [0.2, 0.25) is 0 Å². The number of hydrogen-bond donors (Lipinski definition) is 4. The molecule has 0 aromatic carbocycles. The Labute approximate surface area is 74.0 Å². The van der Waals surface area contributed by atoms with Crippen molar-refractivity contribution < 1.29 is 10.2 Å². The summed E-state index contributed by atoms with van der Waals surface area (Å²) in [7, 11) is 0. The van der Waals surface area contributed by atoms with Gasteiger partial charge in [-0.15, -0.1) is 0 Å². The van der Waals surface area contributed by atoms with Gasteiger partial charge in [0.05, 0.1) is 12.7 Å². The molecular weight excluding hydrogens is 156 g/mol. The van der Waals surface area contributed by atoms with Crippen molar-refractivity contribution in [2.75, 3.05) is 19.7 Å². The average Bonchev–Trinajstić information content (AvgIpc) is 2.03. The molecule has 0 saturated carbocycles. The summed E-state index contributed by atoms with van der Waals surface area (Å²) in [5, 5.41) is 24.6. The van der Waals surface area contributed by atoms with Crippen LogP contribution in [0.25, 0.3) is 0 Å². The molecule has 1 atom stereocenters. The van der Waals surface area contributed by atoms with Gasteiger partial charge in [-0.2, -0.15) is 0 Å². The maximum Gasteiger partial charge on any atom is 0.119 e. The highest BCUT2D eigenvalue weighted by Gasteiger charge is 2.32. The number of nitrogens with one attached hydrogen (secondary N) is 2. The van der Waals surface area contributed by atoms with E-state index in [4.69, 9.17) is 5.11 Å². The van der Waals surface area contributed by atoms with Crippen LogP contribution in [0.15, 0.2) is 0 Å². The lowest BCUT2D eigenvalue weighted by molar-refractivity contribution is 0.00952. The maximum absolute atomic E-state index is 9.44. The molecule has 1 unspecified atom stereocenters. The molecule has 0 aliphatic heterocycles. The highest BCUT2D eigenvalue weighted by Crippen LogP contribution is 2.05. The zero-order valence-corrected chi connectivity index (χ0v) is 8.09. The molecule has 74 valence electrons. The van der Waals surface area contributed by atoms with Gasteiger partial charge in [0, 0.05) is 0 Å². The molecule has 0 aromatic heterocycles. The van der Waals surface area contributed by atoms with Crippen LogP contribution >= 0.6 is 0 Å². The summed E-state index contributed by atoms with van der Waals surface area (Å²) in [5.74, 6) is 0. The molecule has 0 amide bonds. The Kier molecular flexibility index (Phi) is 5.41. The van der Waals surface area contributed by atoms with Crippen molar-refractivity contribution >= 4 is 0 Å².